The van der Waals surface area contributed by atoms with Crippen molar-refractivity contribution in [3.05, 3.63) is 55.8 Å². The highest BCUT2D eigenvalue weighted by atomic mass is 32.1. The lowest BCUT2D eigenvalue weighted by atomic mass is 10.0. The van der Waals surface area contributed by atoms with Gasteiger partial charge in [0, 0.05) is 30.1 Å². The Bertz CT molecular complexity index is 1160. The van der Waals surface area contributed by atoms with Gasteiger partial charge < -0.3 is 9.64 Å². The number of carbonyl (C=O) groups excluding carboxylic acids is 2. The Morgan fingerprint density at radius 3 is 2.53 bits per heavy atom. The molecule has 0 saturated carbocycles. The molecule has 2 heterocycles. The van der Waals surface area contributed by atoms with Crippen molar-refractivity contribution in [2.45, 2.75) is 40.0 Å². The van der Waals surface area contributed by atoms with Gasteiger partial charge in [-0.15, -0.1) is 11.3 Å². The topological polar surface area (TPSA) is 94.2 Å². The largest absolute Gasteiger partial charge is 0.462 e. The number of Topliss-reactive ketones (excluding diaryl/α,β-unsaturated/α-hetero) is 1. The third-order valence-electron chi connectivity index (χ3n) is 5.56. The first-order chi connectivity index (χ1) is 15.4. The number of allylic oxidation sites excluding steroid dienone is 1. The molecular weight excluding hydrogens is 422 g/mol. The first kappa shape index (κ1) is 23.2. The van der Waals surface area contributed by atoms with Crippen LogP contribution in [0.4, 0.5) is 5.69 Å². The van der Waals surface area contributed by atoms with E-state index in [9.17, 15) is 20.1 Å². The summed E-state index contributed by atoms with van der Waals surface area (Å²) in [5.41, 5.74) is 3.79. The molecule has 1 aromatic heterocycles. The molecule has 164 valence electrons. The van der Waals surface area contributed by atoms with Crippen molar-refractivity contribution in [2.24, 2.45) is 0 Å². The van der Waals surface area contributed by atoms with Crippen molar-refractivity contribution in [3.8, 4) is 12.1 Å². The number of hydrogen-bond acceptors (Lipinski definition) is 7. The minimum atomic E-state index is -0.505. The van der Waals surface area contributed by atoms with Crippen molar-refractivity contribution in [2.75, 3.05) is 24.6 Å². The molecule has 2 aromatic rings. The molecule has 0 N–H and O–H groups in total. The Balaban J connectivity index is 1.85. The fourth-order valence-corrected chi connectivity index (χ4v) is 4.95. The van der Waals surface area contributed by atoms with E-state index in [1.54, 1.807) is 19.9 Å². The van der Waals surface area contributed by atoms with Crippen LogP contribution >= 0.6 is 11.3 Å². The highest BCUT2D eigenvalue weighted by molar-refractivity contribution is 7.14. The van der Waals surface area contributed by atoms with Crippen LogP contribution in [-0.2, 0) is 16.0 Å². The number of thiophene rings is 1. The molecule has 1 fully saturated rings. The quantitative estimate of drug-likeness (QED) is 0.346. The van der Waals surface area contributed by atoms with Crippen LogP contribution in [0.15, 0.2) is 23.8 Å². The highest BCUT2D eigenvalue weighted by Gasteiger charge is 2.23. The number of rotatable bonds is 7. The van der Waals surface area contributed by atoms with E-state index in [2.05, 4.69) is 17.0 Å². The van der Waals surface area contributed by atoms with Gasteiger partial charge in [-0.2, -0.15) is 10.5 Å². The average molecular weight is 448 g/mol. The van der Waals surface area contributed by atoms with Crippen LogP contribution in [0.5, 0.6) is 0 Å². The number of ketones is 1. The molecule has 7 heteroatoms. The number of nitriles is 2. The van der Waals surface area contributed by atoms with E-state index < -0.39 is 5.97 Å². The summed E-state index contributed by atoms with van der Waals surface area (Å²) in [6.07, 6.45) is 3.87. The summed E-state index contributed by atoms with van der Waals surface area (Å²) in [4.78, 5) is 28.2. The number of anilines is 1. The van der Waals surface area contributed by atoms with E-state index in [1.807, 2.05) is 25.1 Å². The zero-order chi connectivity index (χ0) is 23.3. The summed E-state index contributed by atoms with van der Waals surface area (Å²) in [5.74, 6) is -0.890. The molecule has 0 unspecified atom stereocenters. The number of carbonyl (C=O) groups is 2. The van der Waals surface area contributed by atoms with E-state index in [0.717, 1.165) is 41.2 Å². The Morgan fingerprint density at radius 1 is 1.22 bits per heavy atom. The van der Waals surface area contributed by atoms with Gasteiger partial charge in [0.25, 0.3) is 0 Å². The Labute approximate surface area is 192 Å². The van der Waals surface area contributed by atoms with E-state index in [0.29, 0.717) is 20.9 Å². The molecule has 1 aromatic carbocycles. The number of esters is 1. The Morgan fingerprint density at radius 2 is 1.94 bits per heavy atom. The maximum Gasteiger partial charge on any atom is 0.348 e. The normalized spacial score (nSPS) is 13.5. The molecule has 1 aliphatic heterocycles. The molecule has 0 atom stereocenters. The lowest BCUT2D eigenvalue weighted by molar-refractivity contribution is -0.114. The van der Waals surface area contributed by atoms with Gasteiger partial charge in [0.2, 0.25) is 0 Å². The molecule has 0 bridgehead atoms. The third kappa shape index (κ3) is 4.90. The van der Waals surface area contributed by atoms with Crippen molar-refractivity contribution in [1.29, 1.82) is 10.5 Å². The van der Waals surface area contributed by atoms with Gasteiger partial charge >= 0.3 is 5.97 Å². The summed E-state index contributed by atoms with van der Waals surface area (Å²) >= 11 is 1.08. The minimum absolute atomic E-state index is 0.0228. The smallest absolute Gasteiger partial charge is 0.348 e. The van der Waals surface area contributed by atoms with Crippen molar-refractivity contribution < 1.29 is 14.3 Å². The number of ether oxygens (including phenoxy) is 1. The van der Waals surface area contributed by atoms with Crippen LogP contribution in [0, 0.1) is 36.5 Å². The molecule has 6 nitrogen and oxygen atoms in total. The van der Waals surface area contributed by atoms with Gasteiger partial charge in [-0.3, -0.25) is 4.79 Å². The van der Waals surface area contributed by atoms with Crippen LogP contribution in [0.1, 0.15) is 56.6 Å². The first-order valence-electron chi connectivity index (χ1n) is 10.6. The predicted octanol–water partition coefficient (Wildman–Crippen LogP) is 4.73. The second-order valence-corrected chi connectivity index (χ2v) is 8.80. The van der Waals surface area contributed by atoms with Crippen LogP contribution < -0.4 is 4.90 Å². The molecule has 0 spiro atoms. The van der Waals surface area contributed by atoms with Crippen molar-refractivity contribution >= 4 is 34.9 Å². The van der Waals surface area contributed by atoms with E-state index >= 15 is 0 Å². The van der Waals surface area contributed by atoms with Crippen LogP contribution in [0.2, 0.25) is 0 Å². The van der Waals surface area contributed by atoms with Crippen LogP contribution in [0.25, 0.3) is 6.08 Å². The van der Waals surface area contributed by atoms with Gasteiger partial charge in [0.15, 0.2) is 5.78 Å². The fourth-order valence-electron chi connectivity index (χ4n) is 3.80. The molecule has 1 saturated heterocycles. The van der Waals surface area contributed by atoms with E-state index in [-0.39, 0.29) is 24.4 Å². The second-order valence-electron chi connectivity index (χ2n) is 7.69. The summed E-state index contributed by atoms with van der Waals surface area (Å²) in [7, 11) is 0. The maximum absolute atomic E-state index is 12.9. The predicted molar refractivity (Wildman–Crippen MR) is 125 cm³/mol. The first-order valence-corrected chi connectivity index (χ1v) is 11.4. The molecule has 1 aliphatic rings. The summed E-state index contributed by atoms with van der Waals surface area (Å²) < 4.78 is 5.04. The zero-order valence-electron chi connectivity index (χ0n) is 18.5. The molecule has 0 radical (unpaired) electrons. The Kier molecular flexibility index (Phi) is 7.45. The van der Waals surface area contributed by atoms with Gasteiger partial charge in [-0.1, -0.05) is 6.07 Å². The maximum atomic E-state index is 12.9. The average Bonchev–Trinajstić information content (AvgIpc) is 3.41. The zero-order valence-corrected chi connectivity index (χ0v) is 19.3. The van der Waals surface area contributed by atoms with Gasteiger partial charge in [0.05, 0.1) is 17.7 Å². The standard InChI is InChI=1S/C25H25N3O3S/c1-4-31-25(30)24-17(3)21(15-27)23(32-24)13-22(29)19(14-26)12-18-7-8-20(11-16(18)2)28-9-5-6-10-28/h7-8,11-12H,4-6,9-10,13H2,1-3H3/b19-12-. The number of nitrogens with zero attached hydrogens (tertiary/aromatic N) is 3. The second kappa shape index (κ2) is 10.3. The number of hydrogen-bond donors (Lipinski definition) is 0. The van der Waals surface area contributed by atoms with Crippen LogP contribution in [-0.4, -0.2) is 31.4 Å². The molecule has 32 heavy (non-hydrogen) atoms. The van der Waals surface area contributed by atoms with Gasteiger partial charge in [-0.05, 0) is 68.5 Å². The molecule has 0 aliphatic carbocycles. The van der Waals surface area contributed by atoms with Gasteiger partial charge in [0.1, 0.15) is 17.0 Å². The molecular formula is C25H25N3O3S. The number of aryl methyl sites for hydroxylation is 1. The lowest BCUT2D eigenvalue weighted by Gasteiger charge is -2.18. The van der Waals surface area contributed by atoms with E-state index in [4.69, 9.17) is 4.74 Å². The summed E-state index contributed by atoms with van der Waals surface area (Å²) in [6.45, 7) is 7.66. The SMILES string of the molecule is CCOC(=O)c1sc(CC(=O)/C(C#N)=C\c2ccc(N3CCCC3)cc2C)c(C#N)c1C. The molecule has 0 amide bonds. The summed E-state index contributed by atoms with van der Waals surface area (Å²) in [5, 5.41) is 19.1. The van der Waals surface area contributed by atoms with Gasteiger partial charge in [-0.25, -0.2) is 4.79 Å². The summed E-state index contributed by atoms with van der Waals surface area (Å²) in [6, 6.07) is 10.1. The number of benzene rings is 1. The Hall–Kier alpha value is -3.42. The highest BCUT2D eigenvalue weighted by Crippen LogP contribution is 2.30. The fraction of sp³-hybridized carbons (Fsp3) is 0.360. The lowest BCUT2D eigenvalue weighted by Crippen LogP contribution is -2.17. The van der Waals surface area contributed by atoms with Crippen LogP contribution in [0.3, 0.4) is 0 Å². The monoisotopic (exact) mass is 447 g/mol. The third-order valence-corrected chi connectivity index (χ3v) is 6.83. The molecule has 3 rings (SSSR count). The van der Waals surface area contributed by atoms with Crippen molar-refractivity contribution in [3.63, 3.8) is 0 Å². The van der Waals surface area contributed by atoms with Crippen molar-refractivity contribution in [1.82, 2.24) is 0 Å². The minimum Gasteiger partial charge on any atom is -0.462 e. The van der Waals surface area contributed by atoms with E-state index in [1.165, 1.54) is 12.8 Å².